The molecular weight excluding hydrogens is 322 g/mol. The molecule has 3 aliphatic rings. The summed E-state index contributed by atoms with van der Waals surface area (Å²) in [6.45, 7) is 5.35. The maximum atomic E-state index is 12.6. The summed E-state index contributed by atoms with van der Waals surface area (Å²) >= 11 is 1.74. The van der Waals surface area contributed by atoms with Gasteiger partial charge in [-0.1, -0.05) is 12.8 Å². The molecule has 1 aromatic heterocycles. The highest BCUT2D eigenvalue weighted by Crippen LogP contribution is 2.38. The number of imide groups is 1. The monoisotopic (exact) mass is 347 g/mol. The van der Waals surface area contributed by atoms with Crippen molar-refractivity contribution in [1.29, 1.82) is 0 Å². The molecule has 0 bridgehead atoms. The van der Waals surface area contributed by atoms with Crippen LogP contribution in [0.25, 0.3) is 0 Å². The predicted molar refractivity (Wildman–Crippen MR) is 93.3 cm³/mol. The Hall–Kier alpha value is -1.24. The van der Waals surface area contributed by atoms with Crippen LogP contribution in [0.1, 0.15) is 31.2 Å². The van der Waals surface area contributed by atoms with Gasteiger partial charge in [-0.2, -0.15) is 11.3 Å². The third kappa shape index (κ3) is 3.15. The number of hydrogen-bond acceptors (Lipinski definition) is 5. The number of rotatable bonds is 4. The summed E-state index contributed by atoms with van der Waals surface area (Å²) in [4.78, 5) is 31.4. The van der Waals surface area contributed by atoms with E-state index in [9.17, 15) is 9.59 Å². The van der Waals surface area contributed by atoms with Crippen molar-refractivity contribution in [3.63, 3.8) is 0 Å². The average Bonchev–Trinajstić information content (AvgIpc) is 3.20. The Morgan fingerprint density at radius 1 is 0.958 bits per heavy atom. The van der Waals surface area contributed by atoms with Gasteiger partial charge in [-0.3, -0.25) is 24.3 Å². The largest absolute Gasteiger partial charge is 0.297 e. The van der Waals surface area contributed by atoms with E-state index in [1.54, 1.807) is 16.2 Å². The molecule has 2 aliphatic heterocycles. The second-order valence-electron chi connectivity index (χ2n) is 7.27. The topological polar surface area (TPSA) is 43.9 Å². The van der Waals surface area contributed by atoms with Crippen LogP contribution in [0, 0.1) is 11.8 Å². The highest BCUT2D eigenvalue weighted by Gasteiger charge is 2.48. The van der Waals surface area contributed by atoms with Gasteiger partial charge in [-0.05, 0) is 35.2 Å². The van der Waals surface area contributed by atoms with Gasteiger partial charge >= 0.3 is 0 Å². The minimum Gasteiger partial charge on any atom is -0.297 e. The summed E-state index contributed by atoms with van der Waals surface area (Å²) in [5, 5.41) is 4.32. The molecular formula is C18H25N3O2S. The van der Waals surface area contributed by atoms with Crippen molar-refractivity contribution in [2.75, 3.05) is 32.8 Å². The van der Waals surface area contributed by atoms with Gasteiger partial charge in [0.2, 0.25) is 11.8 Å². The molecule has 0 N–H and O–H groups in total. The van der Waals surface area contributed by atoms with Crippen molar-refractivity contribution in [1.82, 2.24) is 14.7 Å². The molecule has 3 fully saturated rings. The van der Waals surface area contributed by atoms with Gasteiger partial charge in [0.1, 0.15) is 0 Å². The summed E-state index contributed by atoms with van der Waals surface area (Å²) in [5.41, 5.74) is 1.38. The van der Waals surface area contributed by atoms with Gasteiger partial charge in [0.15, 0.2) is 0 Å². The average molecular weight is 347 g/mol. The first-order chi connectivity index (χ1) is 11.7. The van der Waals surface area contributed by atoms with Crippen LogP contribution in [0.4, 0.5) is 0 Å². The van der Waals surface area contributed by atoms with E-state index in [1.807, 2.05) is 0 Å². The van der Waals surface area contributed by atoms with Crippen LogP contribution in [0.5, 0.6) is 0 Å². The SMILES string of the molecule is O=C1[C@H]2CCCC[C@@H]2C(=O)N1CN1CCN(Cc2ccsc2)CC1. The van der Waals surface area contributed by atoms with Crippen LogP contribution < -0.4 is 0 Å². The number of nitrogens with zero attached hydrogens (tertiary/aromatic N) is 3. The molecule has 0 radical (unpaired) electrons. The Balaban J connectivity index is 1.30. The lowest BCUT2D eigenvalue weighted by molar-refractivity contribution is -0.142. The standard InChI is InChI=1S/C18H25N3O2S/c22-17-15-3-1-2-4-16(15)18(23)21(17)13-20-8-6-19(7-9-20)11-14-5-10-24-12-14/h5,10,12,15-16H,1-4,6-9,11,13H2/t15-,16-/m0/s1. The molecule has 130 valence electrons. The van der Waals surface area contributed by atoms with Gasteiger partial charge in [0.05, 0.1) is 18.5 Å². The minimum absolute atomic E-state index is 0.0221. The van der Waals surface area contributed by atoms with Crippen molar-refractivity contribution in [3.8, 4) is 0 Å². The van der Waals surface area contributed by atoms with Crippen LogP contribution in [0.15, 0.2) is 16.8 Å². The molecule has 0 aromatic carbocycles. The number of hydrogen-bond donors (Lipinski definition) is 0. The van der Waals surface area contributed by atoms with E-state index in [0.717, 1.165) is 58.4 Å². The summed E-state index contributed by atoms with van der Waals surface area (Å²) < 4.78 is 0. The van der Waals surface area contributed by atoms with E-state index in [2.05, 4.69) is 26.6 Å². The van der Waals surface area contributed by atoms with Crippen molar-refractivity contribution < 1.29 is 9.59 Å². The van der Waals surface area contributed by atoms with E-state index in [-0.39, 0.29) is 23.7 Å². The lowest BCUT2D eigenvalue weighted by Crippen LogP contribution is -2.51. The van der Waals surface area contributed by atoms with E-state index >= 15 is 0 Å². The predicted octanol–water partition coefficient (Wildman–Crippen LogP) is 2.00. The number of amides is 2. The Morgan fingerprint density at radius 3 is 2.17 bits per heavy atom. The van der Waals surface area contributed by atoms with Gasteiger partial charge < -0.3 is 0 Å². The second kappa shape index (κ2) is 6.94. The fourth-order valence-electron chi connectivity index (χ4n) is 4.30. The summed E-state index contributed by atoms with van der Waals surface area (Å²) in [6, 6.07) is 2.18. The number of carbonyl (C=O) groups is 2. The molecule has 3 heterocycles. The summed E-state index contributed by atoms with van der Waals surface area (Å²) in [5.74, 6) is 0.132. The maximum Gasteiger partial charge on any atom is 0.234 e. The fraction of sp³-hybridized carbons (Fsp3) is 0.667. The zero-order chi connectivity index (χ0) is 16.5. The maximum absolute atomic E-state index is 12.6. The fourth-order valence-corrected chi connectivity index (χ4v) is 4.96. The molecule has 5 nitrogen and oxygen atoms in total. The number of piperazine rings is 1. The summed E-state index contributed by atoms with van der Waals surface area (Å²) in [6.07, 6.45) is 3.99. The van der Waals surface area contributed by atoms with Crippen LogP contribution in [0.3, 0.4) is 0 Å². The number of likely N-dealkylation sites (tertiary alicyclic amines) is 1. The first-order valence-electron chi connectivity index (χ1n) is 9.03. The van der Waals surface area contributed by atoms with E-state index in [1.165, 1.54) is 5.56 Å². The summed E-state index contributed by atoms with van der Waals surface area (Å²) in [7, 11) is 0. The van der Waals surface area contributed by atoms with Gasteiger partial charge in [0.25, 0.3) is 0 Å². The Bertz CT molecular complexity index is 571. The highest BCUT2D eigenvalue weighted by atomic mass is 32.1. The second-order valence-corrected chi connectivity index (χ2v) is 8.05. The van der Waals surface area contributed by atoms with E-state index < -0.39 is 0 Å². The van der Waals surface area contributed by atoms with Crippen molar-refractivity contribution in [2.24, 2.45) is 11.8 Å². The van der Waals surface area contributed by atoms with E-state index in [4.69, 9.17) is 0 Å². The molecule has 2 amide bonds. The molecule has 0 unspecified atom stereocenters. The molecule has 0 spiro atoms. The lowest BCUT2D eigenvalue weighted by Gasteiger charge is -2.36. The third-order valence-corrected chi connectivity index (χ3v) is 6.46. The Morgan fingerprint density at radius 2 is 1.58 bits per heavy atom. The van der Waals surface area contributed by atoms with Crippen molar-refractivity contribution in [2.45, 2.75) is 32.2 Å². The van der Waals surface area contributed by atoms with Crippen molar-refractivity contribution >= 4 is 23.2 Å². The number of thiophene rings is 1. The van der Waals surface area contributed by atoms with Gasteiger partial charge in [-0.15, -0.1) is 0 Å². The number of fused-ring (bicyclic) bond motifs is 1. The van der Waals surface area contributed by atoms with E-state index in [0.29, 0.717) is 6.67 Å². The first-order valence-corrected chi connectivity index (χ1v) is 9.97. The highest BCUT2D eigenvalue weighted by molar-refractivity contribution is 7.07. The molecule has 1 aliphatic carbocycles. The zero-order valence-corrected chi connectivity index (χ0v) is 14.8. The van der Waals surface area contributed by atoms with Gasteiger partial charge in [0, 0.05) is 32.7 Å². The molecule has 24 heavy (non-hydrogen) atoms. The molecule has 2 atom stereocenters. The molecule has 2 saturated heterocycles. The van der Waals surface area contributed by atoms with Crippen LogP contribution in [-0.2, 0) is 16.1 Å². The molecule has 1 saturated carbocycles. The quantitative estimate of drug-likeness (QED) is 0.782. The van der Waals surface area contributed by atoms with Crippen LogP contribution in [0.2, 0.25) is 0 Å². The Kier molecular flexibility index (Phi) is 4.70. The normalized spacial score (nSPS) is 29.2. The zero-order valence-electron chi connectivity index (χ0n) is 14.0. The first kappa shape index (κ1) is 16.2. The number of carbonyl (C=O) groups excluding carboxylic acids is 2. The minimum atomic E-state index is -0.0221. The lowest BCUT2D eigenvalue weighted by atomic mass is 9.81. The van der Waals surface area contributed by atoms with Crippen molar-refractivity contribution in [3.05, 3.63) is 22.4 Å². The molecule has 4 rings (SSSR count). The third-order valence-electron chi connectivity index (χ3n) is 5.73. The molecule has 6 heteroatoms. The molecule has 1 aromatic rings. The van der Waals surface area contributed by atoms with Crippen LogP contribution in [-0.4, -0.2) is 59.4 Å². The smallest absolute Gasteiger partial charge is 0.234 e. The Labute approximate surface area is 147 Å². The van der Waals surface area contributed by atoms with Crippen LogP contribution >= 0.6 is 11.3 Å². The van der Waals surface area contributed by atoms with Gasteiger partial charge in [-0.25, -0.2) is 0 Å².